The maximum absolute atomic E-state index is 13.0. The summed E-state index contributed by atoms with van der Waals surface area (Å²) in [6, 6.07) is 0. The highest BCUT2D eigenvalue weighted by Gasteiger charge is 2.37. The second-order valence-corrected chi connectivity index (χ2v) is 11.4. The van der Waals surface area contributed by atoms with E-state index in [9.17, 15) is 13.0 Å². The number of alkyl halides is 2. The number of halogens is 2. The van der Waals surface area contributed by atoms with Gasteiger partial charge in [0.1, 0.15) is 0 Å². The average molecular weight is 457 g/mol. The summed E-state index contributed by atoms with van der Waals surface area (Å²) in [5.41, 5.74) is 0. The fourth-order valence-corrected chi connectivity index (χ4v) is 7.19. The van der Waals surface area contributed by atoms with E-state index in [0.717, 1.165) is 31.4 Å². The van der Waals surface area contributed by atoms with Crippen molar-refractivity contribution in [3.8, 4) is 0 Å². The van der Waals surface area contributed by atoms with E-state index in [-0.39, 0.29) is 11.1 Å². The zero-order valence-corrected chi connectivity index (χ0v) is 18.1. The number of nitrogens with one attached hydrogen (secondary N) is 1. The van der Waals surface area contributed by atoms with Crippen LogP contribution in [-0.2, 0) is 19.2 Å². The second-order valence-electron chi connectivity index (χ2n) is 5.66. The SMILES string of the molecule is O=P1(N(CCCl)CCCl)NC(SCCCCCCS(=O)(=O)O)CCO1. The van der Waals surface area contributed by atoms with Gasteiger partial charge in [-0.2, -0.15) is 8.42 Å². The van der Waals surface area contributed by atoms with E-state index in [0.29, 0.717) is 37.9 Å². The maximum atomic E-state index is 13.0. The van der Waals surface area contributed by atoms with Crippen LogP contribution in [0.2, 0.25) is 0 Å². The summed E-state index contributed by atoms with van der Waals surface area (Å²) < 4.78 is 50.1. The van der Waals surface area contributed by atoms with Gasteiger partial charge in [0.05, 0.1) is 17.7 Å². The molecule has 25 heavy (non-hydrogen) atoms. The quantitative estimate of drug-likeness (QED) is 0.188. The minimum Gasteiger partial charge on any atom is -0.306 e. The Morgan fingerprint density at radius 1 is 1.20 bits per heavy atom. The molecule has 12 heteroatoms. The largest absolute Gasteiger partial charge is 0.344 e. The lowest BCUT2D eigenvalue weighted by atomic mass is 10.2. The highest BCUT2D eigenvalue weighted by atomic mass is 35.5. The summed E-state index contributed by atoms with van der Waals surface area (Å²) in [5, 5.41) is 3.16. The Labute approximate surface area is 164 Å². The molecule has 2 atom stereocenters. The van der Waals surface area contributed by atoms with Gasteiger partial charge in [-0.05, 0) is 25.0 Å². The van der Waals surface area contributed by atoms with E-state index >= 15 is 0 Å². The van der Waals surface area contributed by atoms with Crippen LogP contribution in [0.1, 0.15) is 32.1 Å². The lowest BCUT2D eigenvalue weighted by Crippen LogP contribution is -2.40. The molecule has 1 heterocycles. The minimum absolute atomic E-state index is 0.0468. The molecule has 7 nitrogen and oxygen atoms in total. The molecule has 0 aromatic heterocycles. The average Bonchev–Trinajstić information content (AvgIpc) is 2.53. The van der Waals surface area contributed by atoms with Gasteiger partial charge in [0, 0.05) is 24.8 Å². The fourth-order valence-electron chi connectivity index (χ4n) is 2.39. The van der Waals surface area contributed by atoms with E-state index in [4.69, 9.17) is 32.3 Å². The Balaban J connectivity index is 2.29. The van der Waals surface area contributed by atoms with Crippen LogP contribution in [0, 0.1) is 0 Å². The van der Waals surface area contributed by atoms with Crippen molar-refractivity contribution in [2.45, 2.75) is 37.5 Å². The highest BCUT2D eigenvalue weighted by Crippen LogP contribution is 2.50. The van der Waals surface area contributed by atoms with Gasteiger partial charge in [0.15, 0.2) is 0 Å². The van der Waals surface area contributed by atoms with Gasteiger partial charge in [0.2, 0.25) is 0 Å². The van der Waals surface area contributed by atoms with Crippen molar-refractivity contribution in [1.82, 2.24) is 9.76 Å². The highest BCUT2D eigenvalue weighted by molar-refractivity contribution is 8.00. The first kappa shape index (κ1) is 24.0. The van der Waals surface area contributed by atoms with Gasteiger partial charge >= 0.3 is 7.67 Å². The van der Waals surface area contributed by atoms with Crippen molar-refractivity contribution < 1.29 is 22.1 Å². The summed E-state index contributed by atoms with van der Waals surface area (Å²) in [6.45, 7) is 1.32. The molecule has 1 rings (SSSR count). The van der Waals surface area contributed by atoms with E-state index in [2.05, 4.69) is 5.09 Å². The molecule has 1 aliphatic heterocycles. The predicted octanol–water partition coefficient (Wildman–Crippen LogP) is 3.39. The summed E-state index contributed by atoms with van der Waals surface area (Å²) in [7, 11) is -6.95. The Morgan fingerprint density at radius 3 is 2.44 bits per heavy atom. The molecule has 150 valence electrons. The Bertz CT molecular complexity index is 521. The van der Waals surface area contributed by atoms with Gasteiger partial charge in [0.25, 0.3) is 10.1 Å². The maximum Gasteiger partial charge on any atom is 0.344 e. The van der Waals surface area contributed by atoms with Crippen molar-refractivity contribution >= 4 is 52.8 Å². The van der Waals surface area contributed by atoms with Crippen molar-refractivity contribution in [2.24, 2.45) is 0 Å². The molecule has 0 spiro atoms. The number of nitrogens with zero attached hydrogens (tertiary/aromatic N) is 1. The number of thioether (sulfide) groups is 1. The number of hydrogen-bond donors (Lipinski definition) is 2. The number of rotatable bonds is 13. The molecular formula is C13H27Cl2N2O5PS2. The lowest BCUT2D eigenvalue weighted by molar-refractivity contribution is 0.227. The van der Waals surface area contributed by atoms with Crippen LogP contribution in [0.4, 0.5) is 0 Å². The second kappa shape index (κ2) is 12.4. The standard InChI is InChI=1S/C13H27Cl2N2O5PS2/c14-6-8-17(9-7-15)23(18)16-13(5-10-22-23)24-11-3-1-2-4-12-25(19,20)21/h13H,1-12H2,(H,16,18)(H,19,20,21). The van der Waals surface area contributed by atoms with E-state index in [1.807, 2.05) is 0 Å². The summed E-state index contributed by atoms with van der Waals surface area (Å²) in [5.74, 6) is 1.41. The van der Waals surface area contributed by atoms with Gasteiger partial charge in [-0.15, -0.1) is 35.0 Å². The molecule has 1 saturated heterocycles. The van der Waals surface area contributed by atoms with Gasteiger partial charge < -0.3 is 4.52 Å². The third-order valence-electron chi connectivity index (χ3n) is 3.63. The summed E-state index contributed by atoms with van der Waals surface area (Å²) in [6.07, 6.45) is 3.84. The number of hydrogen-bond acceptors (Lipinski definition) is 5. The topological polar surface area (TPSA) is 95.9 Å². The number of unbranched alkanes of at least 4 members (excludes halogenated alkanes) is 3. The van der Waals surface area contributed by atoms with Gasteiger partial charge in [-0.1, -0.05) is 12.8 Å². The van der Waals surface area contributed by atoms with Crippen LogP contribution in [0.15, 0.2) is 0 Å². The molecule has 0 saturated carbocycles. The minimum atomic E-state index is -3.85. The van der Waals surface area contributed by atoms with Crippen LogP contribution in [0.3, 0.4) is 0 Å². The zero-order valence-electron chi connectivity index (χ0n) is 14.1. The summed E-state index contributed by atoms with van der Waals surface area (Å²) in [4.78, 5) is 0. The Kier molecular flexibility index (Phi) is 11.9. The van der Waals surface area contributed by atoms with Crippen molar-refractivity contribution in [1.29, 1.82) is 0 Å². The summed E-state index contributed by atoms with van der Waals surface area (Å²) >= 11 is 13.2. The van der Waals surface area contributed by atoms with Crippen LogP contribution < -0.4 is 5.09 Å². The van der Waals surface area contributed by atoms with Crippen LogP contribution >= 0.6 is 42.6 Å². The van der Waals surface area contributed by atoms with E-state index < -0.39 is 17.8 Å². The molecule has 2 unspecified atom stereocenters. The molecule has 0 radical (unpaired) electrons. The third-order valence-corrected chi connectivity index (χ3v) is 8.54. The molecule has 0 amide bonds. The molecule has 0 aromatic carbocycles. The molecule has 0 aromatic rings. The molecular weight excluding hydrogens is 430 g/mol. The van der Waals surface area contributed by atoms with Crippen LogP contribution in [0.25, 0.3) is 0 Å². The van der Waals surface area contributed by atoms with Crippen molar-refractivity contribution in [2.75, 3.05) is 43.0 Å². The molecule has 2 N–H and O–H groups in total. The van der Waals surface area contributed by atoms with Crippen LogP contribution in [0.5, 0.6) is 0 Å². The Hall–Kier alpha value is 0.950. The van der Waals surface area contributed by atoms with E-state index in [1.165, 1.54) is 0 Å². The normalized spacial score (nSPS) is 24.7. The molecule has 0 bridgehead atoms. The smallest absolute Gasteiger partial charge is 0.306 e. The van der Waals surface area contributed by atoms with Crippen molar-refractivity contribution in [3.63, 3.8) is 0 Å². The van der Waals surface area contributed by atoms with Gasteiger partial charge in [-0.25, -0.2) is 9.76 Å². The molecule has 0 aliphatic carbocycles. The monoisotopic (exact) mass is 456 g/mol. The van der Waals surface area contributed by atoms with Crippen molar-refractivity contribution in [3.05, 3.63) is 0 Å². The first-order valence-corrected chi connectivity index (χ1v) is 13.6. The molecule has 1 aliphatic rings. The first-order chi connectivity index (χ1) is 11.8. The Morgan fingerprint density at radius 2 is 1.84 bits per heavy atom. The first-order valence-electron chi connectivity index (χ1n) is 8.27. The molecule has 1 fully saturated rings. The van der Waals surface area contributed by atoms with E-state index in [1.54, 1.807) is 16.4 Å². The van der Waals surface area contributed by atoms with Gasteiger partial charge in [-0.3, -0.25) is 9.12 Å². The zero-order chi connectivity index (χ0) is 18.8. The third kappa shape index (κ3) is 10.2. The fraction of sp³-hybridized carbons (Fsp3) is 1.00. The predicted molar refractivity (Wildman–Crippen MR) is 105 cm³/mol. The van der Waals surface area contributed by atoms with Crippen LogP contribution in [-0.4, -0.2) is 66.0 Å². The lowest BCUT2D eigenvalue weighted by Gasteiger charge is -2.36.